The van der Waals surface area contributed by atoms with Crippen LogP contribution in [0, 0.1) is 0 Å². The van der Waals surface area contributed by atoms with E-state index >= 15 is 0 Å². The van der Waals surface area contributed by atoms with Crippen LogP contribution >= 0.6 is 0 Å². The molecule has 3 rings (SSSR count). The van der Waals surface area contributed by atoms with Gasteiger partial charge >= 0.3 is 5.97 Å². The first-order chi connectivity index (χ1) is 11.3. The largest absolute Gasteiger partial charge is 0.463 e. The first kappa shape index (κ1) is 15.0. The highest BCUT2D eigenvalue weighted by Gasteiger charge is 2.11. The van der Waals surface area contributed by atoms with E-state index in [1.165, 1.54) is 0 Å². The Kier molecular flexibility index (Phi) is 4.53. The summed E-state index contributed by atoms with van der Waals surface area (Å²) in [4.78, 5) is 12.0. The van der Waals surface area contributed by atoms with Crippen LogP contribution in [0.5, 0.6) is 0 Å². The summed E-state index contributed by atoms with van der Waals surface area (Å²) in [7, 11) is 0. The monoisotopic (exact) mass is 302 g/mol. The minimum absolute atomic E-state index is 0.320. The lowest BCUT2D eigenvalue weighted by Gasteiger charge is -2.12. The van der Waals surface area contributed by atoms with E-state index in [4.69, 9.17) is 4.74 Å². The predicted octanol–water partition coefficient (Wildman–Crippen LogP) is 4.83. The standard InChI is InChI=1S/C21H18O2/c1-2-23-21(22)15-20(17-9-4-3-5-10-17)19-14-8-12-16-11-6-7-13-18(16)19/h3-15H,2H2,1H3/b20-15-. The molecule has 0 atom stereocenters. The summed E-state index contributed by atoms with van der Waals surface area (Å²) in [5.41, 5.74) is 2.90. The molecule has 114 valence electrons. The van der Waals surface area contributed by atoms with Gasteiger partial charge < -0.3 is 4.74 Å². The molecule has 0 aromatic heterocycles. The minimum Gasteiger partial charge on any atom is -0.463 e. The lowest BCUT2D eigenvalue weighted by atomic mass is 9.93. The fourth-order valence-corrected chi connectivity index (χ4v) is 2.70. The highest BCUT2D eigenvalue weighted by molar-refractivity contribution is 6.03. The third-order valence-corrected chi connectivity index (χ3v) is 3.71. The summed E-state index contributed by atoms with van der Waals surface area (Å²) in [6.45, 7) is 2.18. The maximum atomic E-state index is 12.0. The number of hydrogen-bond acceptors (Lipinski definition) is 2. The lowest BCUT2D eigenvalue weighted by Crippen LogP contribution is -2.02. The molecule has 2 nitrogen and oxygen atoms in total. The quantitative estimate of drug-likeness (QED) is 0.509. The Morgan fingerprint density at radius 2 is 1.61 bits per heavy atom. The molecule has 0 fully saturated rings. The summed E-state index contributed by atoms with van der Waals surface area (Å²) < 4.78 is 5.11. The van der Waals surface area contributed by atoms with Crippen LogP contribution in [0.25, 0.3) is 16.3 Å². The van der Waals surface area contributed by atoms with E-state index in [0.29, 0.717) is 6.61 Å². The third kappa shape index (κ3) is 3.32. The van der Waals surface area contributed by atoms with Crippen molar-refractivity contribution >= 4 is 22.3 Å². The molecule has 3 aromatic rings. The summed E-state index contributed by atoms with van der Waals surface area (Å²) in [6.07, 6.45) is 1.58. The zero-order valence-corrected chi connectivity index (χ0v) is 13.0. The molecule has 0 radical (unpaired) electrons. The number of benzene rings is 3. The fourth-order valence-electron chi connectivity index (χ4n) is 2.70. The first-order valence-corrected chi connectivity index (χ1v) is 7.71. The third-order valence-electron chi connectivity index (χ3n) is 3.71. The van der Waals surface area contributed by atoms with Crippen LogP contribution in [-0.4, -0.2) is 12.6 Å². The van der Waals surface area contributed by atoms with E-state index < -0.39 is 0 Å². The molecule has 0 aliphatic heterocycles. The fraction of sp³-hybridized carbons (Fsp3) is 0.0952. The Bertz CT molecular complexity index is 843. The Morgan fingerprint density at radius 3 is 2.39 bits per heavy atom. The first-order valence-electron chi connectivity index (χ1n) is 7.71. The molecule has 0 unspecified atom stereocenters. The van der Waals surface area contributed by atoms with Gasteiger partial charge in [-0.1, -0.05) is 72.8 Å². The van der Waals surface area contributed by atoms with E-state index in [2.05, 4.69) is 18.2 Å². The van der Waals surface area contributed by atoms with Gasteiger partial charge in [0.2, 0.25) is 0 Å². The second-order valence-corrected chi connectivity index (χ2v) is 5.20. The molecular weight excluding hydrogens is 284 g/mol. The van der Waals surface area contributed by atoms with Crippen LogP contribution in [0.1, 0.15) is 18.1 Å². The van der Waals surface area contributed by atoms with Crippen LogP contribution < -0.4 is 0 Å². The van der Waals surface area contributed by atoms with Crippen molar-refractivity contribution in [3.63, 3.8) is 0 Å². The molecule has 23 heavy (non-hydrogen) atoms. The van der Waals surface area contributed by atoms with Gasteiger partial charge in [0, 0.05) is 6.08 Å². The molecule has 2 heteroatoms. The second-order valence-electron chi connectivity index (χ2n) is 5.20. The molecule has 0 N–H and O–H groups in total. The van der Waals surface area contributed by atoms with Gasteiger partial charge in [-0.3, -0.25) is 0 Å². The molecule has 0 bridgehead atoms. The molecular formula is C21H18O2. The minimum atomic E-state index is -0.320. The van der Waals surface area contributed by atoms with Crippen molar-refractivity contribution < 1.29 is 9.53 Å². The molecule has 0 aliphatic rings. The number of ether oxygens (including phenoxy) is 1. The Labute approximate surface area is 136 Å². The van der Waals surface area contributed by atoms with Gasteiger partial charge in [0.25, 0.3) is 0 Å². The van der Waals surface area contributed by atoms with Crippen molar-refractivity contribution in [3.05, 3.63) is 90.0 Å². The van der Waals surface area contributed by atoms with Crippen molar-refractivity contribution in [3.8, 4) is 0 Å². The van der Waals surface area contributed by atoms with E-state index in [1.54, 1.807) is 6.08 Å². The predicted molar refractivity (Wildman–Crippen MR) is 94.1 cm³/mol. The number of hydrogen-bond donors (Lipinski definition) is 0. The summed E-state index contributed by atoms with van der Waals surface area (Å²) in [5, 5.41) is 2.27. The van der Waals surface area contributed by atoms with Crippen LogP contribution in [0.15, 0.2) is 78.9 Å². The molecule has 0 amide bonds. The molecule has 0 saturated heterocycles. The normalized spacial score (nSPS) is 11.4. The van der Waals surface area contributed by atoms with Crippen molar-refractivity contribution in [1.29, 1.82) is 0 Å². The van der Waals surface area contributed by atoms with Crippen LogP contribution in [0.4, 0.5) is 0 Å². The van der Waals surface area contributed by atoms with Crippen LogP contribution in [0.2, 0.25) is 0 Å². The average Bonchev–Trinajstić information content (AvgIpc) is 2.60. The summed E-state index contributed by atoms with van der Waals surface area (Å²) in [5.74, 6) is -0.320. The molecule has 0 aliphatic carbocycles. The summed E-state index contributed by atoms with van der Waals surface area (Å²) in [6, 6.07) is 24.2. The second kappa shape index (κ2) is 6.93. The Hall–Kier alpha value is -2.87. The van der Waals surface area contributed by atoms with Crippen LogP contribution in [0.3, 0.4) is 0 Å². The molecule has 0 saturated carbocycles. The highest BCUT2D eigenvalue weighted by atomic mass is 16.5. The van der Waals surface area contributed by atoms with Crippen molar-refractivity contribution in [2.75, 3.05) is 6.61 Å². The van der Waals surface area contributed by atoms with Gasteiger partial charge in [0.15, 0.2) is 0 Å². The van der Waals surface area contributed by atoms with E-state index in [9.17, 15) is 4.79 Å². The summed E-state index contributed by atoms with van der Waals surface area (Å²) >= 11 is 0. The number of esters is 1. The van der Waals surface area contributed by atoms with Crippen molar-refractivity contribution in [2.45, 2.75) is 6.92 Å². The Morgan fingerprint density at radius 1 is 0.913 bits per heavy atom. The number of rotatable bonds is 4. The van der Waals surface area contributed by atoms with Gasteiger partial charge in [-0.2, -0.15) is 0 Å². The molecule has 3 aromatic carbocycles. The molecule has 0 heterocycles. The van der Waals surface area contributed by atoms with Crippen molar-refractivity contribution in [2.24, 2.45) is 0 Å². The van der Waals surface area contributed by atoms with Gasteiger partial charge in [-0.15, -0.1) is 0 Å². The number of carbonyl (C=O) groups excluding carboxylic acids is 1. The lowest BCUT2D eigenvalue weighted by molar-refractivity contribution is -0.137. The average molecular weight is 302 g/mol. The van der Waals surface area contributed by atoms with Gasteiger partial charge in [-0.05, 0) is 34.4 Å². The van der Waals surface area contributed by atoms with E-state index in [-0.39, 0.29) is 5.97 Å². The maximum absolute atomic E-state index is 12.0. The smallest absolute Gasteiger partial charge is 0.331 e. The zero-order chi connectivity index (χ0) is 16.1. The SMILES string of the molecule is CCOC(=O)/C=C(/c1ccccc1)c1cccc2ccccc12. The molecule has 0 spiro atoms. The number of carbonyl (C=O) groups is 1. The maximum Gasteiger partial charge on any atom is 0.331 e. The highest BCUT2D eigenvalue weighted by Crippen LogP contribution is 2.30. The van der Waals surface area contributed by atoms with E-state index in [0.717, 1.165) is 27.5 Å². The zero-order valence-electron chi connectivity index (χ0n) is 13.0. The van der Waals surface area contributed by atoms with Gasteiger partial charge in [-0.25, -0.2) is 4.79 Å². The number of fused-ring (bicyclic) bond motifs is 1. The van der Waals surface area contributed by atoms with Gasteiger partial charge in [0.05, 0.1) is 6.61 Å². The van der Waals surface area contributed by atoms with Gasteiger partial charge in [0.1, 0.15) is 0 Å². The Balaban J connectivity index is 2.20. The van der Waals surface area contributed by atoms with Crippen molar-refractivity contribution in [1.82, 2.24) is 0 Å². The van der Waals surface area contributed by atoms with Crippen LogP contribution in [-0.2, 0) is 9.53 Å². The topological polar surface area (TPSA) is 26.3 Å². The van der Waals surface area contributed by atoms with E-state index in [1.807, 2.05) is 61.5 Å².